The molecule has 2 rings (SSSR count). The van der Waals surface area contributed by atoms with Crippen molar-refractivity contribution in [1.82, 2.24) is 15.5 Å². The maximum atomic E-state index is 12.4. The van der Waals surface area contributed by atoms with Crippen LogP contribution in [-0.2, 0) is 4.79 Å². The first kappa shape index (κ1) is 17.7. The number of hydrogen-bond acceptors (Lipinski definition) is 3. The molecular weight excluding hydrogens is 274 g/mol. The second-order valence-electron chi connectivity index (χ2n) is 7.86. The summed E-state index contributed by atoms with van der Waals surface area (Å²) in [6.45, 7) is 10.4. The van der Waals surface area contributed by atoms with Crippen molar-refractivity contribution in [2.24, 2.45) is 0 Å². The number of amides is 1. The fourth-order valence-corrected chi connectivity index (χ4v) is 3.57. The van der Waals surface area contributed by atoms with Crippen LogP contribution in [-0.4, -0.2) is 47.6 Å². The van der Waals surface area contributed by atoms with Gasteiger partial charge in [-0.15, -0.1) is 0 Å². The van der Waals surface area contributed by atoms with Gasteiger partial charge in [-0.25, -0.2) is 0 Å². The summed E-state index contributed by atoms with van der Waals surface area (Å²) in [6.07, 6.45) is 8.79. The molecule has 1 amide bonds. The number of carbonyl (C=O) groups excluding carboxylic acids is 1. The van der Waals surface area contributed by atoms with Crippen molar-refractivity contribution >= 4 is 5.91 Å². The maximum Gasteiger partial charge on any atom is 0.237 e. The van der Waals surface area contributed by atoms with E-state index >= 15 is 0 Å². The van der Waals surface area contributed by atoms with Crippen molar-refractivity contribution in [1.29, 1.82) is 0 Å². The van der Waals surface area contributed by atoms with Crippen molar-refractivity contribution in [3.8, 4) is 0 Å². The predicted molar refractivity (Wildman–Crippen MR) is 92.0 cm³/mol. The molecule has 0 radical (unpaired) electrons. The van der Waals surface area contributed by atoms with Crippen LogP contribution in [0.3, 0.4) is 0 Å². The van der Waals surface area contributed by atoms with E-state index in [1.54, 1.807) is 0 Å². The lowest BCUT2D eigenvalue weighted by Gasteiger charge is -2.38. The molecule has 1 aliphatic heterocycles. The van der Waals surface area contributed by atoms with Crippen LogP contribution in [0.1, 0.15) is 72.6 Å². The summed E-state index contributed by atoms with van der Waals surface area (Å²) in [4.78, 5) is 14.7. The van der Waals surface area contributed by atoms with Gasteiger partial charge in [-0.3, -0.25) is 9.69 Å². The Balaban J connectivity index is 1.74. The summed E-state index contributed by atoms with van der Waals surface area (Å²) in [6, 6.07) is 1.39. The van der Waals surface area contributed by atoms with E-state index in [4.69, 9.17) is 0 Å². The van der Waals surface area contributed by atoms with Gasteiger partial charge in [0.2, 0.25) is 5.91 Å². The van der Waals surface area contributed by atoms with Gasteiger partial charge >= 0.3 is 0 Å². The number of hydrogen-bond donors (Lipinski definition) is 2. The van der Waals surface area contributed by atoms with Crippen LogP contribution >= 0.6 is 0 Å². The van der Waals surface area contributed by atoms with Crippen LogP contribution in [0.5, 0.6) is 0 Å². The summed E-state index contributed by atoms with van der Waals surface area (Å²) in [5, 5.41) is 7.00. The molecule has 0 aromatic rings. The van der Waals surface area contributed by atoms with E-state index in [-0.39, 0.29) is 17.5 Å². The molecule has 4 nitrogen and oxygen atoms in total. The Bertz CT molecular complexity index is 355. The molecule has 1 saturated heterocycles. The Kier molecular flexibility index (Phi) is 6.27. The molecule has 0 bridgehead atoms. The van der Waals surface area contributed by atoms with Crippen LogP contribution in [0.2, 0.25) is 0 Å². The van der Waals surface area contributed by atoms with Crippen molar-refractivity contribution < 1.29 is 4.79 Å². The second-order valence-corrected chi connectivity index (χ2v) is 7.86. The van der Waals surface area contributed by atoms with E-state index in [9.17, 15) is 4.79 Å². The monoisotopic (exact) mass is 309 g/mol. The Morgan fingerprint density at radius 1 is 1.14 bits per heavy atom. The number of likely N-dealkylation sites (tertiary alicyclic amines) is 1. The van der Waals surface area contributed by atoms with Crippen molar-refractivity contribution in [2.75, 3.05) is 13.1 Å². The molecule has 128 valence electrons. The second kappa shape index (κ2) is 7.78. The van der Waals surface area contributed by atoms with E-state index in [0.717, 1.165) is 25.6 Å². The highest BCUT2D eigenvalue weighted by molar-refractivity contribution is 5.82. The van der Waals surface area contributed by atoms with Crippen LogP contribution in [0.4, 0.5) is 0 Å². The van der Waals surface area contributed by atoms with E-state index in [0.29, 0.717) is 6.04 Å². The van der Waals surface area contributed by atoms with Crippen LogP contribution < -0.4 is 10.6 Å². The SMILES string of the molecule is CCC(C)(C)NC(=O)[C@@H](C)N1CCC(NC2CCCC2)CC1. The minimum absolute atomic E-state index is 0.0155. The maximum absolute atomic E-state index is 12.4. The molecule has 0 unspecified atom stereocenters. The normalized spacial score (nSPS) is 23.6. The van der Waals surface area contributed by atoms with Crippen molar-refractivity contribution in [3.63, 3.8) is 0 Å². The quantitative estimate of drug-likeness (QED) is 0.793. The molecule has 1 saturated carbocycles. The van der Waals surface area contributed by atoms with E-state index in [2.05, 4.69) is 36.3 Å². The number of piperidine rings is 1. The molecule has 22 heavy (non-hydrogen) atoms. The van der Waals surface area contributed by atoms with Gasteiger partial charge < -0.3 is 10.6 Å². The Hall–Kier alpha value is -0.610. The van der Waals surface area contributed by atoms with E-state index in [1.807, 2.05) is 6.92 Å². The molecule has 4 heteroatoms. The summed E-state index contributed by atoms with van der Waals surface area (Å²) in [7, 11) is 0. The molecule has 1 aliphatic carbocycles. The lowest BCUT2D eigenvalue weighted by molar-refractivity contribution is -0.128. The van der Waals surface area contributed by atoms with Gasteiger partial charge in [-0.05, 0) is 52.9 Å². The average Bonchev–Trinajstić information content (AvgIpc) is 3.00. The highest BCUT2D eigenvalue weighted by Crippen LogP contribution is 2.21. The lowest BCUT2D eigenvalue weighted by Crippen LogP contribution is -2.55. The minimum atomic E-state index is -0.103. The molecule has 2 N–H and O–H groups in total. The third kappa shape index (κ3) is 4.95. The number of nitrogens with one attached hydrogen (secondary N) is 2. The fraction of sp³-hybridized carbons (Fsp3) is 0.944. The van der Waals surface area contributed by atoms with Gasteiger partial charge in [-0.2, -0.15) is 0 Å². The van der Waals surface area contributed by atoms with Crippen molar-refractivity contribution in [3.05, 3.63) is 0 Å². The lowest BCUT2D eigenvalue weighted by atomic mass is 9.99. The third-order valence-electron chi connectivity index (χ3n) is 5.63. The third-order valence-corrected chi connectivity index (χ3v) is 5.63. The van der Waals surface area contributed by atoms with Gasteiger partial charge in [0.25, 0.3) is 0 Å². The molecule has 0 spiro atoms. The van der Waals surface area contributed by atoms with E-state index < -0.39 is 0 Å². The fourth-order valence-electron chi connectivity index (χ4n) is 3.57. The minimum Gasteiger partial charge on any atom is -0.350 e. The Morgan fingerprint density at radius 3 is 2.23 bits per heavy atom. The van der Waals surface area contributed by atoms with Crippen LogP contribution in [0, 0.1) is 0 Å². The topological polar surface area (TPSA) is 44.4 Å². The molecule has 0 aromatic heterocycles. The highest BCUT2D eigenvalue weighted by atomic mass is 16.2. The van der Waals surface area contributed by atoms with Crippen molar-refractivity contribution in [2.45, 2.75) is 96.3 Å². The first-order chi connectivity index (χ1) is 10.4. The van der Waals surface area contributed by atoms with E-state index in [1.165, 1.54) is 38.5 Å². The average molecular weight is 309 g/mol. The van der Waals surface area contributed by atoms with Gasteiger partial charge in [0.15, 0.2) is 0 Å². The number of carbonyl (C=O) groups is 1. The Morgan fingerprint density at radius 2 is 1.68 bits per heavy atom. The van der Waals surface area contributed by atoms with Crippen LogP contribution in [0.15, 0.2) is 0 Å². The highest BCUT2D eigenvalue weighted by Gasteiger charge is 2.30. The molecule has 1 heterocycles. The summed E-state index contributed by atoms with van der Waals surface area (Å²) in [5.41, 5.74) is -0.103. The summed E-state index contributed by atoms with van der Waals surface area (Å²) >= 11 is 0. The number of rotatable bonds is 6. The first-order valence-corrected chi connectivity index (χ1v) is 9.23. The Labute approximate surface area is 136 Å². The largest absolute Gasteiger partial charge is 0.350 e. The summed E-state index contributed by atoms with van der Waals surface area (Å²) < 4.78 is 0. The molecule has 0 aromatic carbocycles. The zero-order valence-corrected chi connectivity index (χ0v) is 15.0. The predicted octanol–water partition coefficient (Wildman–Crippen LogP) is 2.68. The smallest absolute Gasteiger partial charge is 0.237 e. The molecular formula is C18H35N3O. The molecule has 1 atom stereocenters. The first-order valence-electron chi connectivity index (χ1n) is 9.23. The van der Waals surface area contributed by atoms with Gasteiger partial charge in [0.05, 0.1) is 6.04 Å². The van der Waals surface area contributed by atoms with Gasteiger partial charge in [0, 0.05) is 30.7 Å². The van der Waals surface area contributed by atoms with Gasteiger partial charge in [0.1, 0.15) is 0 Å². The zero-order valence-electron chi connectivity index (χ0n) is 15.0. The standard InChI is InChI=1S/C18H35N3O/c1-5-18(3,4)20-17(22)14(2)21-12-10-16(11-13-21)19-15-8-6-7-9-15/h14-16,19H,5-13H2,1-4H3,(H,20,22)/t14-/m1/s1. The van der Waals surface area contributed by atoms with Crippen LogP contribution in [0.25, 0.3) is 0 Å². The molecule has 2 fully saturated rings. The number of nitrogens with zero attached hydrogens (tertiary/aromatic N) is 1. The molecule has 2 aliphatic rings. The van der Waals surface area contributed by atoms with Gasteiger partial charge in [-0.1, -0.05) is 19.8 Å². The summed E-state index contributed by atoms with van der Waals surface area (Å²) in [5.74, 6) is 0.175. The zero-order chi connectivity index (χ0) is 16.2.